The molecule has 0 radical (unpaired) electrons. The third-order valence-corrected chi connectivity index (χ3v) is 6.27. The summed E-state index contributed by atoms with van der Waals surface area (Å²) in [6.07, 6.45) is 7.68. The van der Waals surface area contributed by atoms with Gasteiger partial charge in [-0.1, -0.05) is 6.42 Å². The van der Waals surface area contributed by atoms with Crippen molar-refractivity contribution in [3.63, 3.8) is 0 Å². The van der Waals surface area contributed by atoms with Crippen LogP contribution in [0.4, 0.5) is 5.82 Å². The minimum absolute atomic E-state index is 0.0603. The summed E-state index contributed by atoms with van der Waals surface area (Å²) in [6.45, 7) is 1.78. The van der Waals surface area contributed by atoms with E-state index in [1.807, 2.05) is 0 Å². The molecule has 1 aromatic rings. The van der Waals surface area contributed by atoms with Gasteiger partial charge in [-0.3, -0.25) is 4.79 Å². The van der Waals surface area contributed by atoms with E-state index in [-0.39, 0.29) is 17.7 Å². The molecule has 1 atom stereocenters. The van der Waals surface area contributed by atoms with Crippen LogP contribution >= 0.6 is 0 Å². The molecule has 30 heavy (non-hydrogen) atoms. The van der Waals surface area contributed by atoms with Crippen molar-refractivity contribution in [2.75, 3.05) is 0 Å². The second-order valence-corrected chi connectivity index (χ2v) is 8.22. The SMILES string of the molecule is CC1=C(C(=O)OC2CCCCC2)C(c2ncc([N+](=O)[O-])n2C)C2=C(CCCC2=O)N1. The van der Waals surface area contributed by atoms with E-state index in [2.05, 4.69) is 10.3 Å². The first kappa shape index (κ1) is 20.3. The van der Waals surface area contributed by atoms with Gasteiger partial charge in [0.1, 0.15) is 18.2 Å². The van der Waals surface area contributed by atoms with Crippen LogP contribution in [-0.2, 0) is 21.4 Å². The number of nitrogens with zero attached hydrogens (tertiary/aromatic N) is 3. The summed E-state index contributed by atoms with van der Waals surface area (Å²) >= 11 is 0. The van der Waals surface area contributed by atoms with E-state index in [9.17, 15) is 19.7 Å². The second kappa shape index (κ2) is 8.04. The number of esters is 1. The number of allylic oxidation sites excluding steroid dienone is 3. The molecule has 160 valence electrons. The van der Waals surface area contributed by atoms with Crippen LogP contribution in [0.15, 0.2) is 28.7 Å². The Morgan fingerprint density at radius 3 is 2.67 bits per heavy atom. The van der Waals surface area contributed by atoms with Crippen LogP contribution in [0.25, 0.3) is 0 Å². The van der Waals surface area contributed by atoms with Gasteiger partial charge in [-0.25, -0.2) is 14.3 Å². The number of carbonyl (C=O) groups is 2. The molecular formula is C21H26N4O5. The third-order valence-electron chi connectivity index (χ3n) is 6.27. The lowest BCUT2D eigenvalue weighted by molar-refractivity contribution is -0.391. The van der Waals surface area contributed by atoms with Gasteiger partial charge in [-0.15, -0.1) is 0 Å². The first-order chi connectivity index (χ1) is 14.4. The highest BCUT2D eigenvalue weighted by atomic mass is 16.6. The fourth-order valence-electron chi connectivity index (χ4n) is 4.76. The van der Waals surface area contributed by atoms with Crippen molar-refractivity contribution in [3.05, 3.63) is 44.7 Å². The lowest BCUT2D eigenvalue weighted by atomic mass is 9.78. The predicted octanol–water partition coefficient (Wildman–Crippen LogP) is 3.17. The first-order valence-corrected chi connectivity index (χ1v) is 10.5. The van der Waals surface area contributed by atoms with Crippen LogP contribution in [0.3, 0.4) is 0 Å². The number of ether oxygens (including phenoxy) is 1. The highest BCUT2D eigenvalue weighted by Crippen LogP contribution is 2.42. The normalized spacial score (nSPS) is 22.6. The third kappa shape index (κ3) is 3.53. The van der Waals surface area contributed by atoms with E-state index < -0.39 is 16.8 Å². The molecular weight excluding hydrogens is 388 g/mol. The quantitative estimate of drug-likeness (QED) is 0.457. The summed E-state index contributed by atoms with van der Waals surface area (Å²) in [7, 11) is 1.54. The number of aromatic nitrogens is 2. The Morgan fingerprint density at radius 1 is 1.27 bits per heavy atom. The molecule has 9 heteroatoms. The van der Waals surface area contributed by atoms with E-state index in [0.29, 0.717) is 35.5 Å². The maximum Gasteiger partial charge on any atom is 0.342 e. The Bertz CT molecular complexity index is 968. The smallest absolute Gasteiger partial charge is 0.342 e. The van der Waals surface area contributed by atoms with Gasteiger partial charge in [0.15, 0.2) is 5.78 Å². The summed E-state index contributed by atoms with van der Waals surface area (Å²) < 4.78 is 7.17. The molecule has 3 aliphatic rings. The lowest BCUT2D eigenvalue weighted by Gasteiger charge is -2.33. The molecule has 9 nitrogen and oxygen atoms in total. The Hall–Kier alpha value is -2.97. The highest BCUT2D eigenvalue weighted by molar-refractivity contribution is 6.03. The number of imidazole rings is 1. The molecule has 1 fully saturated rings. The van der Waals surface area contributed by atoms with Crippen LogP contribution < -0.4 is 5.32 Å². The molecule has 4 rings (SSSR count). The second-order valence-electron chi connectivity index (χ2n) is 8.22. The predicted molar refractivity (Wildman–Crippen MR) is 107 cm³/mol. The van der Waals surface area contributed by atoms with Crippen LogP contribution in [0.2, 0.25) is 0 Å². The molecule has 1 aliphatic heterocycles. The zero-order valence-corrected chi connectivity index (χ0v) is 17.3. The first-order valence-electron chi connectivity index (χ1n) is 10.5. The summed E-state index contributed by atoms with van der Waals surface area (Å²) in [6, 6.07) is 0. The fourth-order valence-corrected chi connectivity index (χ4v) is 4.76. The average molecular weight is 414 g/mol. The van der Waals surface area contributed by atoms with E-state index in [0.717, 1.165) is 44.2 Å². The van der Waals surface area contributed by atoms with Crippen molar-refractivity contribution < 1.29 is 19.2 Å². The van der Waals surface area contributed by atoms with Crippen LogP contribution in [-0.4, -0.2) is 32.3 Å². The van der Waals surface area contributed by atoms with Gasteiger partial charge in [0.2, 0.25) is 5.82 Å². The van der Waals surface area contributed by atoms with Gasteiger partial charge >= 0.3 is 11.8 Å². The van der Waals surface area contributed by atoms with Crippen molar-refractivity contribution in [2.45, 2.75) is 70.3 Å². The van der Waals surface area contributed by atoms with Gasteiger partial charge < -0.3 is 20.2 Å². The maximum absolute atomic E-state index is 13.3. The number of hydrogen-bond acceptors (Lipinski definition) is 7. The summed E-state index contributed by atoms with van der Waals surface area (Å²) in [4.78, 5) is 41.3. The van der Waals surface area contributed by atoms with Crippen molar-refractivity contribution in [2.24, 2.45) is 7.05 Å². The molecule has 2 heterocycles. The summed E-state index contributed by atoms with van der Waals surface area (Å²) in [5.41, 5.74) is 2.18. The Morgan fingerprint density at radius 2 is 2.00 bits per heavy atom. The van der Waals surface area contributed by atoms with E-state index in [1.165, 1.54) is 17.8 Å². The highest BCUT2D eigenvalue weighted by Gasteiger charge is 2.43. The molecule has 0 aromatic carbocycles. The topological polar surface area (TPSA) is 116 Å². The number of hydrogen-bond donors (Lipinski definition) is 1. The van der Waals surface area contributed by atoms with E-state index in [1.54, 1.807) is 6.92 Å². The number of dihydropyridines is 1. The number of carbonyl (C=O) groups excluding carboxylic acids is 2. The number of nitrogens with one attached hydrogen (secondary N) is 1. The standard InChI is InChI=1S/C21H26N4O5/c1-12-17(21(27)30-13-7-4-3-5-8-13)19(18-14(23-12)9-6-10-15(18)26)20-22-11-16(24(20)2)25(28)29/h11,13,19,23H,3-10H2,1-2H3. The zero-order chi connectivity index (χ0) is 21.4. The molecule has 2 aliphatic carbocycles. The molecule has 1 unspecified atom stereocenters. The molecule has 1 saturated carbocycles. The largest absolute Gasteiger partial charge is 0.459 e. The Balaban J connectivity index is 1.77. The monoisotopic (exact) mass is 414 g/mol. The number of Topliss-reactive ketones (excluding diaryl/α,β-unsaturated/α-hetero) is 1. The minimum Gasteiger partial charge on any atom is -0.459 e. The van der Waals surface area contributed by atoms with Gasteiger partial charge in [0, 0.05) is 23.4 Å². The van der Waals surface area contributed by atoms with Gasteiger partial charge in [-0.05, 0) is 50.4 Å². The molecule has 0 spiro atoms. The number of nitro groups is 1. The molecule has 0 amide bonds. The number of ketones is 1. The summed E-state index contributed by atoms with van der Waals surface area (Å²) in [5, 5.41) is 14.6. The molecule has 0 saturated heterocycles. The van der Waals surface area contributed by atoms with Gasteiger partial charge in [0.05, 0.1) is 12.6 Å². The Kier molecular flexibility index (Phi) is 5.44. The van der Waals surface area contributed by atoms with E-state index >= 15 is 0 Å². The van der Waals surface area contributed by atoms with Crippen LogP contribution in [0.1, 0.15) is 70.0 Å². The van der Waals surface area contributed by atoms with E-state index in [4.69, 9.17) is 4.74 Å². The zero-order valence-electron chi connectivity index (χ0n) is 17.3. The average Bonchev–Trinajstić information content (AvgIpc) is 3.09. The van der Waals surface area contributed by atoms with Crippen LogP contribution in [0, 0.1) is 10.1 Å². The van der Waals surface area contributed by atoms with Crippen molar-refractivity contribution in [3.8, 4) is 0 Å². The molecule has 0 bridgehead atoms. The van der Waals surface area contributed by atoms with Gasteiger partial charge in [0.25, 0.3) is 0 Å². The molecule has 1 aromatic heterocycles. The van der Waals surface area contributed by atoms with Crippen molar-refractivity contribution in [1.82, 2.24) is 14.9 Å². The van der Waals surface area contributed by atoms with Gasteiger partial charge in [-0.2, -0.15) is 0 Å². The summed E-state index contributed by atoms with van der Waals surface area (Å²) in [5.74, 6) is -1.20. The maximum atomic E-state index is 13.3. The minimum atomic E-state index is -0.774. The van der Waals surface area contributed by atoms with Crippen molar-refractivity contribution >= 4 is 17.6 Å². The van der Waals surface area contributed by atoms with Crippen molar-refractivity contribution in [1.29, 1.82) is 0 Å². The lowest BCUT2D eigenvalue weighted by Crippen LogP contribution is -2.36. The fraction of sp³-hybridized carbons (Fsp3) is 0.571. The van der Waals surface area contributed by atoms with Crippen LogP contribution in [0.5, 0.6) is 0 Å². The Labute approximate surface area is 174 Å². The molecule has 1 N–H and O–H groups in total. The number of rotatable bonds is 4.